The summed E-state index contributed by atoms with van der Waals surface area (Å²) in [6.07, 6.45) is 0.804. The maximum Gasteiger partial charge on any atom is 0.185 e. The summed E-state index contributed by atoms with van der Waals surface area (Å²) in [5.74, 6) is 0.108. The van der Waals surface area contributed by atoms with E-state index in [2.05, 4.69) is 0 Å². The summed E-state index contributed by atoms with van der Waals surface area (Å²) in [6, 6.07) is 0. The van der Waals surface area contributed by atoms with Crippen molar-refractivity contribution in [3.8, 4) is 0 Å². The van der Waals surface area contributed by atoms with Crippen molar-refractivity contribution in [2.24, 2.45) is 0 Å². The minimum atomic E-state index is 0.108. The van der Waals surface area contributed by atoms with E-state index < -0.39 is 0 Å². The number of likely N-dealkylation sites (N-methyl/N-ethyl adjacent to an activating group) is 1. The molecule has 0 atom stereocenters. The lowest BCUT2D eigenvalue weighted by Gasteiger charge is -2.08. The molecule has 0 radical (unpaired) electrons. The minimum absolute atomic E-state index is 0.108. The number of rotatable bonds is 1. The van der Waals surface area contributed by atoms with Crippen molar-refractivity contribution in [3.05, 3.63) is 15.8 Å². The highest BCUT2D eigenvalue weighted by molar-refractivity contribution is 7.12. The number of carbonyl (C=O) groups excluding carboxylic acids is 2. The van der Waals surface area contributed by atoms with Crippen molar-refractivity contribution >= 4 is 29.1 Å². The number of carbonyl (C=O) groups is 2. The van der Waals surface area contributed by atoms with Crippen LogP contribution >= 0.6 is 11.3 Å². The lowest BCUT2D eigenvalue weighted by atomic mass is 10.2. The normalized spacial score (nSPS) is 15.1. The van der Waals surface area contributed by atoms with Crippen LogP contribution in [0.1, 0.15) is 20.0 Å². The van der Waals surface area contributed by atoms with Crippen LogP contribution in [0.5, 0.6) is 0 Å². The lowest BCUT2D eigenvalue weighted by molar-refractivity contribution is 0.101. The molecular weight excluding hydrogens is 174 g/mol. The van der Waals surface area contributed by atoms with E-state index in [9.17, 15) is 9.59 Å². The second-order valence-electron chi connectivity index (χ2n) is 2.76. The Balaban J connectivity index is 2.62. The Bertz CT molecular complexity index is 356. The summed E-state index contributed by atoms with van der Waals surface area (Å²) in [5, 5.41) is 1.75. The Morgan fingerprint density at radius 1 is 1.67 bits per heavy atom. The number of hydrogen-bond donors (Lipinski definition) is 0. The third-order valence-corrected chi connectivity index (χ3v) is 2.86. The molecule has 0 saturated carbocycles. The maximum absolute atomic E-state index is 11.3. The van der Waals surface area contributed by atoms with E-state index in [4.69, 9.17) is 0 Å². The van der Waals surface area contributed by atoms with Crippen LogP contribution in [0.15, 0.2) is 5.38 Å². The van der Waals surface area contributed by atoms with Gasteiger partial charge in [-0.3, -0.25) is 9.59 Å². The van der Waals surface area contributed by atoms with Crippen LogP contribution in [-0.4, -0.2) is 25.7 Å². The Morgan fingerprint density at radius 3 is 3.08 bits per heavy atom. The average molecular weight is 181 g/mol. The van der Waals surface area contributed by atoms with Crippen LogP contribution in [-0.2, 0) is 0 Å². The number of aldehydes is 1. The molecule has 1 aromatic rings. The van der Waals surface area contributed by atoms with E-state index in [-0.39, 0.29) is 5.78 Å². The largest absolute Gasteiger partial charge is 0.365 e. The topological polar surface area (TPSA) is 37.4 Å². The van der Waals surface area contributed by atoms with Gasteiger partial charge in [-0.1, -0.05) is 0 Å². The zero-order valence-corrected chi connectivity index (χ0v) is 7.35. The molecule has 1 aliphatic heterocycles. The van der Waals surface area contributed by atoms with E-state index in [1.54, 1.807) is 5.38 Å². The molecule has 1 aromatic heterocycles. The first-order valence-electron chi connectivity index (χ1n) is 3.55. The number of fused-ring (bicyclic) bond motifs is 1. The van der Waals surface area contributed by atoms with Gasteiger partial charge in [-0.05, 0) is 0 Å². The molecule has 0 spiro atoms. The molecule has 0 N–H and O–H groups in total. The van der Waals surface area contributed by atoms with E-state index in [1.807, 2.05) is 11.9 Å². The zero-order valence-electron chi connectivity index (χ0n) is 6.53. The summed E-state index contributed by atoms with van der Waals surface area (Å²) in [4.78, 5) is 24.3. The van der Waals surface area contributed by atoms with E-state index in [1.165, 1.54) is 11.3 Å². The number of Topliss-reactive ketones (excluding diaryl/α,β-unsaturated/α-hetero) is 1. The Labute approximate surface area is 73.6 Å². The van der Waals surface area contributed by atoms with Gasteiger partial charge >= 0.3 is 0 Å². The third-order valence-electron chi connectivity index (χ3n) is 1.96. The number of ketones is 1. The highest BCUT2D eigenvalue weighted by Gasteiger charge is 2.27. The molecule has 1 aliphatic rings. The van der Waals surface area contributed by atoms with Gasteiger partial charge in [0, 0.05) is 12.4 Å². The van der Waals surface area contributed by atoms with Crippen LogP contribution in [0, 0.1) is 0 Å². The van der Waals surface area contributed by atoms with Crippen LogP contribution in [0.4, 0.5) is 5.69 Å². The van der Waals surface area contributed by atoms with Gasteiger partial charge in [-0.25, -0.2) is 0 Å². The van der Waals surface area contributed by atoms with Gasteiger partial charge in [0.25, 0.3) is 0 Å². The molecule has 12 heavy (non-hydrogen) atoms. The molecule has 0 bridgehead atoms. The summed E-state index contributed by atoms with van der Waals surface area (Å²) < 4.78 is 0. The highest BCUT2D eigenvalue weighted by Crippen LogP contribution is 2.34. The number of anilines is 1. The first kappa shape index (κ1) is 7.49. The smallest absolute Gasteiger partial charge is 0.185 e. The second kappa shape index (κ2) is 2.42. The first-order chi connectivity index (χ1) is 5.74. The van der Waals surface area contributed by atoms with Crippen LogP contribution in [0.3, 0.4) is 0 Å². The summed E-state index contributed by atoms with van der Waals surface area (Å²) >= 11 is 1.33. The van der Waals surface area contributed by atoms with Gasteiger partial charge in [0.1, 0.15) is 0 Å². The monoisotopic (exact) mass is 181 g/mol. The standard InChI is InChI=1S/C8H7NO2S/c1-9-2-6(11)5-4-12-7(3-10)8(5)9/h3-4H,2H2,1H3. The van der Waals surface area contributed by atoms with Gasteiger partial charge in [0.2, 0.25) is 0 Å². The van der Waals surface area contributed by atoms with Gasteiger partial charge in [0.15, 0.2) is 12.1 Å². The van der Waals surface area contributed by atoms with Crippen molar-refractivity contribution in [1.82, 2.24) is 0 Å². The van der Waals surface area contributed by atoms with Crippen LogP contribution in [0.2, 0.25) is 0 Å². The summed E-state index contributed by atoms with van der Waals surface area (Å²) in [5.41, 5.74) is 1.50. The molecule has 0 saturated heterocycles. The molecule has 2 heterocycles. The van der Waals surface area contributed by atoms with Crippen LogP contribution in [0.25, 0.3) is 0 Å². The van der Waals surface area contributed by atoms with Gasteiger partial charge < -0.3 is 4.90 Å². The van der Waals surface area contributed by atoms with Crippen LogP contribution < -0.4 is 4.90 Å². The van der Waals surface area contributed by atoms with Crippen molar-refractivity contribution in [2.75, 3.05) is 18.5 Å². The molecule has 2 rings (SSSR count). The fourth-order valence-electron chi connectivity index (χ4n) is 1.42. The van der Waals surface area contributed by atoms with E-state index in [0.29, 0.717) is 17.0 Å². The quantitative estimate of drug-likeness (QED) is 0.611. The van der Waals surface area contributed by atoms with E-state index in [0.717, 1.165) is 12.0 Å². The molecule has 0 unspecified atom stereocenters. The number of nitrogens with zero attached hydrogens (tertiary/aromatic N) is 1. The van der Waals surface area contributed by atoms with Crippen molar-refractivity contribution < 1.29 is 9.59 Å². The maximum atomic E-state index is 11.3. The highest BCUT2D eigenvalue weighted by atomic mass is 32.1. The predicted molar refractivity (Wildman–Crippen MR) is 47.3 cm³/mol. The lowest BCUT2D eigenvalue weighted by Crippen LogP contribution is -2.16. The SMILES string of the molecule is CN1CC(=O)c2csc(C=O)c21. The molecule has 4 heteroatoms. The zero-order chi connectivity index (χ0) is 8.72. The molecule has 0 aromatic carbocycles. The Morgan fingerprint density at radius 2 is 2.42 bits per heavy atom. The average Bonchev–Trinajstić information content (AvgIpc) is 2.55. The third kappa shape index (κ3) is 0.814. The number of hydrogen-bond acceptors (Lipinski definition) is 4. The van der Waals surface area contributed by atoms with Gasteiger partial charge in [-0.2, -0.15) is 0 Å². The summed E-state index contributed by atoms with van der Waals surface area (Å²) in [7, 11) is 1.82. The van der Waals surface area contributed by atoms with E-state index >= 15 is 0 Å². The van der Waals surface area contributed by atoms with Crippen molar-refractivity contribution in [1.29, 1.82) is 0 Å². The second-order valence-corrected chi connectivity index (χ2v) is 3.67. The molecule has 0 amide bonds. The molecule has 62 valence electrons. The molecule has 0 aliphatic carbocycles. The van der Waals surface area contributed by atoms with Crippen molar-refractivity contribution in [2.45, 2.75) is 0 Å². The molecular formula is C8H7NO2S. The minimum Gasteiger partial charge on any atom is -0.365 e. The van der Waals surface area contributed by atoms with Crippen molar-refractivity contribution in [3.63, 3.8) is 0 Å². The summed E-state index contributed by atoms with van der Waals surface area (Å²) in [6.45, 7) is 0.402. The predicted octanol–water partition coefficient (Wildman–Crippen LogP) is 1.19. The fourth-order valence-corrected chi connectivity index (χ4v) is 2.34. The number of thiophene rings is 1. The van der Waals surface area contributed by atoms with Gasteiger partial charge in [0.05, 0.1) is 22.7 Å². The Hall–Kier alpha value is -1.16. The Kier molecular flexibility index (Phi) is 1.51. The molecule has 3 nitrogen and oxygen atoms in total. The molecule has 0 fully saturated rings. The fraction of sp³-hybridized carbons (Fsp3) is 0.250. The first-order valence-corrected chi connectivity index (χ1v) is 4.43. The van der Waals surface area contributed by atoms with Gasteiger partial charge in [-0.15, -0.1) is 11.3 Å².